The average Bonchev–Trinajstić information content (AvgIpc) is 2.68. The maximum Gasteiger partial charge on any atom is 0.262 e. The van der Waals surface area contributed by atoms with Crippen molar-refractivity contribution >= 4 is 27.1 Å². The van der Waals surface area contributed by atoms with Crippen molar-refractivity contribution < 1.29 is 13.2 Å². The molecule has 0 saturated heterocycles. The van der Waals surface area contributed by atoms with Crippen LogP contribution in [0.4, 0.5) is 17.1 Å². The highest BCUT2D eigenvalue weighted by molar-refractivity contribution is 7.92. The normalized spacial score (nSPS) is 11.1. The van der Waals surface area contributed by atoms with Gasteiger partial charge in [-0.3, -0.25) is 4.72 Å². The molecule has 0 amide bonds. The first-order chi connectivity index (χ1) is 12.9. The monoisotopic (exact) mass is 382 g/mol. The third-order valence-corrected chi connectivity index (χ3v) is 5.86. The number of hydrogen-bond donors (Lipinski definition) is 1. The molecule has 0 spiro atoms. The number of benzene rings is 3. The third-order valence-electron chi connectivity index (χ3n) is 4.32. The fourth-order valence-corrected chi connectivity index (χ4v) is 4.10. The van der Waals surface area contributed by atoms with Gasteiger partial charge in [-0.2, -0.15) is 0 Å². The van der Waals surface area contributed by atoms with E-state index in [1.165, 1.54) is 0 Å². The molecule has 0 aliphatic carbocycles. The second kappa shape index (κ2) is 7.72. The van der Waals surface area contributed by atoms with E-state index in [9.17, 15) is 8.42 Å². The van der Waals surface area contributed by atoms with Crippen molar-refractivity contribution in [2.75, 3.05) is 23.8 Å². The number of ether oxygens (including phenoxy) is 1. The van der Waals surface area contributed by atoms with Gasteiger partial charge in [-0.15, -0.1) is 0 Å². The summed E-state index contributed by atoms with van der Waals surface area (Å²) in [5, 5.41) is 0. The Balaban J connectivity index is 1.80. The molecule has 1 N–H and O–H groups in total. The first-order valence-corrected chi connectivity index (χ1v) is 9.95. The quantitative estimate of drug-likeness (QED) is 0.678. The number of sulfonamides is 1. The van der Waals surface area contributed by atoms with E-state index in [0.29, 0.717) is 17.0 Å². The lowest BCUT2D eigenvalue weighted by atomic mass is 10.2. The lowest BCUT2D eigenvalue weighted by Gasteiger charge is -2.20. The van der Waals surface area contributed by atoms with Crippen molar-refractivity contribution in [3.8, 4) is 5.75 Å². The number of methoxy groups -OCH3 is 1. The van der Waals surface area contributed by atoms with Crippen LogP contribution in [0.15, 0.2) is 77.7 Å². The number of hydrogen-bond acceptors (Lipinski definition) is 4. The maximum atomic E-state index is 12.7. The summed E-state index contributed by atoms with van der Waals surface area (Å²) in [6.45, 7) is 1.75. The topological polar surface area (TPSA) is 58.6 Å². The minimum Gasteiger partial charge on any atom is -0.497 e. The molecule has 3 aromatic carbocycles. The van der Waals surface area contributed by atoms with E-state index >= 15 is 0 Å². The first kappa shape index (κ1) is 18.8. The van der Waals surface area contributed by atoms with E-state index in [4.69, 9.17) is 4.74 Å². The van der Waals surface area contributed by atoms with Crippen LogP contribution in [0.3, 0.4) is 0 Å². The Bertz CT molecular complexity index is 1020. The van der Waals surface area contributed by atoms with Crippen molar-refractivity contribution in [2.45, 2.75) is 11.8 Å². The first-order valence-electron chi connectivity index (χ1n) is 8.47. The summed E-state index contributed by atoms with van der Waals surface area (Å²) in [4.78, 5) is 2.26. The van der Waals surface area contributed by atoms with Gasteiger partial charge in [0, 0.05) is 24.1 Å². The number of anilines is 3. The van der Waals surface area contributed by atoms with E-state index in [0.717, 1.165) is 11.4 Å². The van der Waals surface area contributed by atoms with E-state index in [1.54, 1.807) is 44.4 Å². The molecule has 3 aromatic rings. The standard InChI is InChI=1S/C21H22N2O3S/c1-16-15-20(26-3)13-14-21(16)27(24,25)22-17-9-11-19(12-10-17)23(2)18-7-5-4-6-8-18/h4-15,22H,1-3H3. The predicted molar refractivity (Wildman–Crippen MR) is 109 cm³/mol. The second-order valence-electron chi connectivity index (χ2n) is 6.18. The van der Waals surface area contributed by atoms with Crippen LogP contribution in [0, 0.1) is 6.92 Å². The highest BCUT2D eigenvalue weighted by atomic mass is 32.2. The van der Waals surface area contributed by atoms with Crippen molar-refractivity contribution in [2.24, 2.45) is 0 Å². The van der Waals surface area contributed by atoms with Gasteiger partial charge in [-0.05, 0) is 67.1 Å². The molecule has 0 radical (unpaired) electrons. The number of para-hydroxylation sites is 1. The summed E-state index contributed by atoms with van der Waals surface area (Å²) < 4.78 is 33.2. The van der Waals surface area contributed by atoms with Gasteiger partial charge in [0.15, 0.2) is 0 Å². The van der Waals surface area contributed by atoms with E-state index < -0.39 is 10.0 Å². The van der Waals surface area contributed by atoms with Gasteiger partial charge < -0.3 is 9.64 Å². The van der Waals surface area contributed by atoms with Crippen molar-refractivity contribution in [1.82, 2.24) is 0 Å². The minimum atomic E-state index is -3.67. The second-order valence-corrected chi connectivity index (χ2v) is 7.83. The summed E-state index contributed by atoms with van der Waals surface area (Å²) in [6.07, 6.45) is 0. The van der Waals surface area contributed by atoms with Crippen LogP contribution in [0.1, 0.15) is 5.56 Å². The summed E-state index contributed by atoms with van der Waals surface area (Å²) in [7, 11) is -0.155. The molecule has 0 bridgehead atoms. The van der Waals surface area contributed by atoms with Crippen LogP contribution in [0.25, 0.3) is 0 Å². The van der Waals surface area contributed by atoms with Crippen molar-refractivity contribution in [3.05, 3.63) is 78.4 Å². The molecular formula is C21H22N2O3S. The van der Waals surface area contributed by atoms with Crippen LogP contribution in [0.2, 0.25) is 0 Å². The van der Waals surface area contributed by atoms with Crippen LogP contribution in [0.5, 0.6) is 5.75 Å². The number of nitrogens with zero attached hydrogens (tertiary/aromatic N) is 1. The molecule has 27 heavy (non-hydrogen) atoms. The van der Waals surface area contributed by atoms with Crippen LogP contribution in [-0.2, 0) is 10.0 Å². The molecule has 0 aliphatic rings. The number of rotatable bonds is 6. The highest BCUT2D eigenvalue weighted by Gasteiger charge is 2.17. The minimum absolute atomic E-state index is 0.230. The Kier molecular flexibility index (Phi) is 5.37. The summed E-state index contributed by atoms with van der Waals surface area (Å²) in [6, 6.07) is 22.1. The Morgan fingerprint density at radius 3 is 2.11 bits per heavy atom. The Hall–Kier alpha value is -2.99. The zero-order valence-electron chi connectivity index (χ0n) is 15.5. The zero-order chi connectivity index (χ0) is 19.4. The molecule has 6 heteroatoms. The predicted octanol–water partition coefficient (Wildman–Crippen LogP) is 4.57. The molecule has 0 aromatic heterocycles. The smallest absolute Gasteiger partial charge is 0.262 e. The number of aryl methyl sites for hydroxylation is 1. The number of nitrogens with one attached hydrogen (secondary N) is 1. The largest absolute Gasteiger partial charge is 0.497 e. The van der Waals surface area contributed by atoms with Crippen molar-refractivity contribution in [1.29, 1.82) is 0 Å². The summed E-state index contributed by atoms with van der Waals surface area (Å²) >= 11 is 0. The van der Waals surface area contributed by atoms with Gasteiger partial charge in [0.05, 0.1) is 12.0 Å². The van der Waals surface area contributed by atoms with Gasteiger partial charge in [-0.25, -0.2) is 8.42 Å². The van der Waals surface area contributed by atoms with Gasteiger partial charge in [0.25, 0.3) is 10.0 Å². The molecule has 0 atom stereocenters. The van der Waals surface area contributed by atoms with Gasteiger partial charge in [-0.1, -0.05) is 18.2 Å². The van der Waals surface area contributed by atoms with E-state index in [-0.39, 0.29) is 4.90 Å². The van der Waals surface area contributed by atoms with Crippen LogP contribution >= 0.6 is 0 Å². The zero-order valence-corrected chi connectivity index (χ0v) is 16.3. The van der Waals surface area contributed by atoms with Gasteiger partial charge in [0.1, 0.15) is 5.75 Å². The molecule has 3 rings (SSSR count). The molecular weight excluding hydrogens is 360 g/mol. The SMILES string of the molecule is COc1ccc(S(=O)(=O)Nc2ccc(N(C)c3ccccc3)cc2)c(C)c1. The Labute approximate surface area is 160 Å². The molecule has 0 fully saturated rings. The lowest BCUT2D eigenvalue weighted by Crippen LogP contribution is -2.14. The lowest BCUT2D eigenvalue weighted by molar-refractivity contribution is 0.414. The third kappa shape index (κ3) is 4.23. The average molecular weight is 382 g/mol. The Morgan fingerprint density at radius 1 is 0.889 bits per heavy atom. The maximum absolute atomic E-state index is 12.7. The van der Waals surface area contributed by atoms with Gasteiger partial charge >= 0.3 is 0 Å². The molecule has 0 saturated carbocycles. The van der Waals surface area contributed by atoms with Crippen molar-refractivity contribution in [3.63, 3.8) is 0 Å². The van der Waals surface area contributed by atoms with E-state index in [1.807, 2.05) is 54.4 Å². The molecule has 0 unspecified atom stereocenters. The molecule has 5 nitrogen and oxygen atoms in total. The fraction of sp³-hybridized carbons (Fsp3) is 0.143. The molecule has 140 valence electrons. The Morgan fingerprint density at radius 2 is 1.52 bits per heavy atom. The van der Waals surface area contributed by atoms with Crippen LogP contribution in [-0.4, -0.2) is 22.6 Å². The molecule has 0 aliphatic heterocycles. The summed E-state index contributed by atoms with van der Waals surface area (Å²) in [5.41, 5.74) is 3.15. The molecule has 0 heterocycles. The summed E-state index contributed by atoms with van der Waals surface area (Å²) in [5.74, 6) is 0.625. The van der Waals surface area contributed by atoms with E-state index in [2.05, 4.69) is 4.72 Å². The fourth-order valence-electron chi connectivity index (χ4n) is 2.81. The van der Waals surface area contributed by atoms with Gasteiger partial charge in [0.2, 0.25) is 0 Å². The highest BCUT2D eigenvalue weighted by Crippen LogP contribution is 2.27. The van der Waals surface area contributed by atoms with Crippen LogP contribution < -0.4 is 14.4 Å².